The molecule has 0 aliphatic heterocycles. The molecule has 0 atom stereocenters. The van der Waals surface area contributed by atoms with Crippen molar-refractivity contribution in [1.29, 1.82) is 0 Å². The molecule has 0 aliphatic carbocycles. The topological polar surface area (TPSA) is 101 Å². The number of imidazole rings is 1. The minimum atomic E-state index is -3.89. The number of para-hydroxylation sites is 2. The maximum atomic E-state index is 13.1. The second kappa shape index (κ2) is 4.74. The normalized spacial score (nSPS) is 11.7. The number of nitrogen functional groups attached to an aromatic ring is 1. The van der Waals surface area contributed by atoms with Gasteiger partial charge in [0.05, 0.1) is 21.6 Å². The lowest BCUT2D eigenvalue weighted by molar-refractivity contribution is 0.600. The maximum absolute atomic E-state index is 13.1. The molecule has 0 saturated carbocycles. The third-order valence-electron chi connectivity index (χ3n) is 2.90. The Morgan fingerprint density at radius 1 is 1.19 bits per heavy atom. The van der Waals surface area contributed by atoms with Gasteiger partial charge in [-0.15, -0.1) is 0 Å². The summed E-state index contributed by atoms with van der Waals surface area (Å²) in [5.74, 6) is -0.586. The number of anilines is 2. The van der Waals surface area contributed by atoms with Crippen LogP contribution in [0.2, 0.25) is 0 Å². The van der Waals surface area contributed by atoms with Crippen LogP contribution in [0, 0.1) is 5.82 Å². The first-order chi connectivity index (χ1) is 9.95. The Bertz CT molecular complexity index is 888. The fourth-order valence-corrected chi connectivity index (χ4v) is 2.87. The van der Waals surface area contributed by atoms with E-state index in [0.717, 1.165) is 18.2 Å². The molecule has 3 rings (SSSR count). The van der Waals surface area contributed by atoms with E-state index in [1.165, 1.54) is 0 Å². The van der Waals surface area contributed by atoms with Crippen molar-refractivity contribution >= 4 is 32.7 Å². The molecule has 0 bridgehead atoms. The van der Waals surface area contributed by atoms with Crippen LogP contribution >= 0.6 is 0 Å². The van der Waals surface area contributed by atoms with E-state index in [-0.39, 0.29) is 16.5 Å². The van der Waals surface area contributed by atoms with Gasteiger partial charge >= 0.3 is 0 Å². The Balaban J connectivity index is 1.96. The van der Waals surface area contributed by atoms with Crippen LogP contribution in [0.5, 0.6) is 0 Å². The van der Waals surface area contributed by atoms with Crippen LogP contribution in [0.1, 0.15) is 0 Å². The molecule has 0 fully saturated rings. The Morgan fingerprint density at radius 2 is 1.95 bits per heavy atom. The first-order valence-corrected chi connectivity index (χ1v) is 7.46. The van der Waals surface area contributed by atoms with Crippen LogP contribution in [0.15, 0.2) is 47.4 Å². The van der Waals surface area contributed by atoms with Crippen LogP contribution in [0.4, 0.5) is 16.0 Å². The van der Waals surface area contributed by atoms with Crippen molar-refractivity contribution in [3.05, 3.63) is 48.3 Å². The van der Waals surface area contributed by atoms with E-state index in [2.05, 4.69) is 14.7 Å². The molecule has 2 aromatic carbocycles. The van der Waals surface area contributed by atoms with Crippen molar-refractivity contribution in [2.24, 2.45) is 0 Å². The lowest BCUT2D eigenvalue weighted by Gasteiger charge is -2.06. The summed E-state index contributed by atoms with van der Waals surface area (Å²) in [6, 6.07) is 10.3. The number of benzene rings is 2. The summed E-state index contributed by atoms with van der Waals surface area (Å²) in [7, 11) is -3.89. The van der Waals surface area contributed by atoms with Crippen LogP contribution in [-0.2, 0) is 10.0 Å². The first kappa shape index (κ1) is 13.4. The average molecular weight is 306 g/mol. The number of nitrogens with zero attached hydrogens (tertiary/aromatic N) is 1. The number of sulfonamides is 1. The molecule has 3 aromatic rings. The first-order valence-electron chi connectivity index (χ1n) is 5.98. The molecule has 0 saturated heterocycles. The summed E-state index contributed by atoms with van der Waals surface area (Å²) < 4.78 is 39.8. The highest BCUT2D eigenvalue weighted by Gasteiger charge is 2.17. The van der Waals surface area contributed by atoms with E-state index in [1.807, 2.05) is 0 Å². The number of hydrogen-bond acceptors (Lipinski definition) is 4. The highest BCUT2D eigenvalue weighted by Crippen LogP contribution is 2.20. The minimum Gasteiger partial charge on any atom is -0.396 e. The van der Waals surface area contributed by atoms with Crippen LogP contribution in [0.25, 0.3) is 11.0 Å². The number of nitrogens with one attached hydrogen (secondary N) is 2. The zero-order chi connectivity index (χ0) is 15.0. The molecule has 1 heterocycles. The highest BCUT2D eigenvalue weighted by molar-refractivity contribution is 7.92. The fourth-order valence-electron chi connectivity index (χ4n) is 1.88. The van der Waals surface area contributed by atoms with Crippen LogP contribution < -0.4 is 10.5 Å². The Labute approximate surface area is 119 Å². The molecule has 4 N–H and O–H groups in total. The third-order valence-corrected chi connectivity index (χ3v) is 4.23. The fraction of sp³-hybridized carbons (Fsp3) is 0. The van der Waals surface area contributed by atoms with Crippen molar-refractivity contribution in [2.45, 2.75) is 4.90 Å². The Morgan fingerprint density at radius 3 is 2.67 bits per heavy atom. The van der Waals surface area contributed by atoms with Crippen molar-refractivity contribution < 1.29 is 12.8 Å². The molecule has 0 amide bonds. The minimum absolute atomic E-state index is 0.0825. The smallest absolute Gasteiger partial charge is 0.264 e. The third kappa shape index (κ3) is 2.52. The van der Waals surface area contributed by atoms with Gasteiger partial charge in [-0.1, -0.05) is 12.1 Å². The molecular weight excluding hydrogens is 295 g/mol. The van der Waals surface area contributed by atoms with E-state index in [9.17, 15) is 12.8 Å². The monoisotopic (exact) mass is 306 g/mol. The predicted molar refractivity (Wildman–Crippen MR) is 77.7 cm³/mol. The summed E-state index contributed by atoms with van der Waals surface area (Å²) in [5.41, 5.74) is 6.48. The lowest BCUT2D eigenvalue weighted by atomic mass is 10.3. The quantitative estimate of drug-likeness (QED) is 0.645. The number of nitrogens with two attached hydrogens (primary N) is 1. The van der Waals surface area contributed by atoms with Gasteiger partial charge < -0.3 is 10.7 Å². The van der Waals surface area contributed by atoms with E-state index < -0.39 is 15.8 Å². The largest absolute Gasteiger partial charge is 0.396 e. The van der Waals surface area contributed by atoms with Gasteiger partial charge in [0.1, 0.15) is 5.82 Å². The van der Waals surface area contributed by atoms with Gasteiger partial charge in [-0.3, -0.25) is 0 Å². The second-order valence-electron chi connectivity index (χ2n) is 4.39. The zero-order valence-corrected chi connectivity index (χ0v) is 11.5. The number of fused-ring (bicyclic) bond motifs is 1. The molecule has 0 aliphatic rings. The number of halogens is 1. The molecule has 1 aromatic heterocycles. The van der Waals surface area contributed by atoms with Gasteiger partial charge in [-0.25, -0.2) is 22.5 Å². The van der Waals surface area contributed by atoms with Gasteiger partial charge in [-0.05, 0) is 30.3 Å². The van der Waals surface area contributed by atoms with Crippen LogP contribution in [-0.4, -0.2) is 18.4 Å². The van der Waals surface area contributed by atoms with E-state index in [0.29, 0.717) is 11.0 Å². The number of rotatable bonds is 3. The molecule has 8 heteroatoms. The van der Waals surface area contributed by atoms with E-state index >= 15 is 0 Å². The molecule has 6 nitrogen and oxygen atoms in total. The van der Waals surface area contributed by atoms with Gasteiger partial charge in [0.25, 0.3) is 10.0 Å². The Kier molecular flexibility index (Phi) is 3.02. The Hall–Kier alpha value is -2.61. The van der Waals surface area contributed by atoms with Gasteiger partial charge in [-0.2, -0.15) is 0 Å². The van der Waals surface area contributed by atoms with Crippen molar-refractivity contribution in [2.75, 3.05) is 10.5 Å². The number of H-pyrrole nitrogens is 1. The van der Waals surface area contributed by atoms with Crippen LogP contribution in [0.3, 0.4) is 0 Å². The van der Waals surface area contributed by atoms with Crippen molar-refractivity contribution in [1.82, 2.24) is 9.97 Å². The zero-order valence-electron chi connectivity index (χ0n) is 10.7. The number of aromatic nitrogens is 2. The van der Waals surface area contributed by atoms with Gasteiger partial charge in [0.2, 0.25) is 5.95 Å². The van der Waals surface area contributed by atoms with Gasteiger partial charge in [0, 0.05) is 0 Å². The molecular formula is C13H11FN4O2S. The maximum Gasteiger partial charge on any atom is 0.264 e. The highest BCUT2D eigenvalue weighted by atomic mass is 32.2. The summed E-state index contributed by atoms with van der Waals surface area (Å²) in [6.07, 6.45) is 0. The van der Waals surface area contributed by atoms with Gasteiger partial charge in [0.15, 0.2) is 0 Å². The SMILES string of the molecule is Nc1cc(S(=O)(=O)Nc2nc3ccccc3[nH]2)ccc1F. The van der Waals surface area contributed by atoms with E-state index in [1.54, 1.807) is 24.3 Å². The second-order valence-corrected chi connectivity index (χ2v) is 6.07. The number of aromatic amines is 1. The molecule has 21 heavy (non-hydrogen) atoms. The standard InChI is InChI=1S/C13H11FN4O2S/c14-9-6-5-8(7-10(9)15)21(19,20)18-13-16-11-3-1-2-4-12(11)17-13/h1-7H,15H2,(H2,16,17,18). The molecule has 0 radical (unpaired) electrons. The molecule has 108 valence electrons. The summed E-state index contributed by atoms with van der Waals surface area (Å²) >= 11 is 0. The lowest BCUT2D eigenvalue weighted by Crippen LogP contribution is -2.14. The summed E-state index contributed by atoms with van der Waals surface area (Å²) in [4.78, 5) is 6.82. The summed E-state index contributed by atoms with van der Waals surface area (Å²) in [6.45, 7) is 0. The predicted octanol–water partition coefficient (Wildman–Crippen LogP) is 2.08. The summed E-state index contributed by atoms with van der Waals surface area (Å²) in [5, 5.41) is 0. The molecule has 0 spiro atoms. The van der Waals surface area contributed by atoms with Crippen molar-refractivity contribution in [3.8, 4) is 0 Å². The molecule has 0 unspecified atom stereocenters. The average Bonchev–Trinajstić information content (AvgIpc) is 2.82. The van der Waals surface area contributed by atoms with Crippen molar-refractivity contribution in [3.63, 3.8) is 0 Å². The number of hydrogen-bond donors (Lipinski definition) is 3. The van der Waals surface area contributed by atoms with E-state index in [4.69, 9.17) is 5.73 Å².